The van der Waals surface area contributed by atoms with E-state index >= 15 is 0 Å². The van der Waals surface area contributed by atoms with E-state index in [4.69, 9.17) is 10.5 Å². The predicted octanol–water partition coefficient (Wildman–Crippen LogP) is 2.07. The standard InChI is InChI=1S/C18H26N4O4/c1-18(2,3)26-17(25)22-9-7-21(8-10-22)14-6-5-12(16(23)24)15(19)13(14)11-20-4/h5-6,11H,7-10,19H2,1-4H3,(H,23,24). The average molecular weight is 362 g/mol. The first-order chi connectivity index (χ1) is 12.1. The molecule has 26 heavy (non-hydrogen) atoms. The number of benzene rings is 1. The molecule has 1 saturated heterocycles. The highest BCUT2D eigenvalue weighted by molar-refractivity contribution is 6.03. The van der Waals surface area contributed by atoms with Gasteiger partial charge < -0.3 is 25.4 Å². The molecule has 1 heterocycles. The number of carboxylic acid groups (broad SMARTS) is 1. The molecule has 8 nitrogen and oxygen atoms in total. The third kappa shape index (κ3) is 4.44. The van der Waals surface area contributed by atoms with Gasteiger partial charge in [0.25, 0.3) is 0 Å². The largest absolute Gasteiger partial charge is 0.478 e. The number of hydrogen-bond acceptors (Lipinski definition) is 6. The number of anilines is 2. The molecule has 0 radical (unpaired) electrons. The molecule has 8 heteroatoms. The van der Waals surface area contributed by atoms with Gasteiger partial charge in [0, 0.05) is 50.7 Å². The Bertz CT molecular complexity index is 717. The summed E-state index contributed by atoms with van der Waals surface area (Å²) in [5.74, 6) is -1.07. The van der Waals surface area contributed by atoms with Crippen molar-refractivity contribution < 1.29 is 19.4 Å². The van der Waals surface area contributed by atoms with Crippen LogP contribution in [0.25, 0.3) is 0 Å². The van der Waals surface area contributed by atoms with E-state index in [0.717, 1.165) is 5.69 Å². The lowest BCUT2D eigenvalue weighted by Crippen LogP contribution is -2.50. The molecular formula is C18H26N4O4. The van der Waals surface area contributed by atoms with Gasteiger partial charge in [-0.3, -0.25) is 4.99 Å². The average Bonchev–Trinajstić information content (AvgIpc) is 2.55. The summed E-state index contributed by atoms with van der Waals surface area (Å²) in [6.07, 6.45) is 1.24. The van der Waals surface area contributed by atoms with Crippen molar-refractivity contribution in [2.24, 2.45) is 4.99 Å². The summed E-state index contributed by atoms with van der Waals surface area (Å²) in [7, 11) is 1.61. The highest BCUT2D eigenvalue weighted by atomic mass is 16.6. The molecule has 1 aromatic rings. The zero-order valence-corrected chi connectivity index (χ0v) is 15.7. The lowest BCUT2D eigenvalue weighted by molar-refractivity contribution is 0.0240. The number of ether oxygens (including phenoxy) is 1. The van der Waals surface area contributed by atoms with Crippen molar-refractivity contribution in [3.8, 4) is 0 Å². The second kappa shape index (κ2) is 7.63. The van der Waals surface area contributed by atoms with Gasteiger partial charge in [0.05, 0.1) is 11.3 Å². The van der Waals surface area contributed by atoms with Crippen LogP contribution in [0.4, 0.5) is 16.2 Å². The van der Waals surface area contributed by atoms with Gasteiger partial charge in [-0.15, -0.1) is 0 Å². The maximum atomic E-state index is 12.2. The second-order valence-electron chi connectivity index (χ2n) is 7.11. The molecule has 1 aliphatic rings. The van der Waals surface area contributed by atoms with Crippen molar-refractivity contribution in [2.75, 3.05) is 43.9 Å². The van der Waals surface area contributed by atoms with Gasteiger partial charge in [-0.05, 0) is 32.9 Å². The molecule has 0 aliphatic carbocycles. The Morgan fingerprint density at radius 2 is 1.85 bits per heavy atom. The molecule has 0 aromatic heterocycles. The normalized spacial score (nSPS) is 15.4. The number of aromatic carboxylic acids is 1. The monoisotopic (exact) mass is 362 g/mol. The number of carbonyl (C=O) groups is 2. The highest BCUT2D eigenvalue weighted by Gasteiger charge is 2.27. The number of aliphatic imine (C=N–C) groups is 1. The van der Waals surface area contributed by atoms with Crippen LogP contribution < -0.4 is 10.6 Å². The van der Waals surface area contributed by atoms with Crippen LogP contribution in [-0.2, 0) is 4.74 Å². The van der Waals surface area contributed by atoms with E-state index in [1.54, 1.807) is 24.2 Å². The fraction of sp³-hybridized carbons (Fsp3) is 0.500. The topological polar surface area (TPSA) is 108 Å². The maximum Gasteiger partial charge on any atom is 0.410 e. The number of nitrogens with two attached hydrogens (primary N) is 1. The Balaban J connectivity index is 2.18. The number of hydrogen-bond donors (Lipinski definition) is 2. The van der Waals surface area contributed by atoms with Crippen LogP contribution in [-0.4, -0.2) is 67.1 Å². The summed E-state index contributed by atoms with van der Waals surface area (Å²) in [5, 5.41) is 9.25. The van der Waals surface area contributed by atoms with Crippen LogP contribution in [0.2, 0.25) is 0 Å². The summed E-state index contributed by atoms with van der Waals surface area (Å²) < 4.78 is 5.40. The quantitative estimate of drug-likeness (QED) is 0.629. The van der Waals surface area contributed by atoms with Gasteiger partial charge in [0.1, 0.15) is 5.60 Å². The van der Waals surface area contributed by atoms with Crippen LogP contribution >= 0.6 is 0 Å². The Morgan fingerprint density at radius 3 is 2.35 bits per heavy atom. The zero-order chi connectivity index (χ0) is 19.5. The lowest BCUT2D eigenvalue weighted by atomic mass is 10.0. The Hall–Kier alpha value is -2.77. The zero-order valence-electron chi connectivity index (χ0n) is 15.7. The molecule has 1 amide bonds. The molecular weight excluding hydrogens is 336 g/mol. The first kappa shape index (κ1) is 19.6. The molecule has 142 valence electrons. The molecule has 0 atom stereocenters. The minimum atomic E-state index is -1.07. The van der Waals surface area contributed by atoms with Crippen molar-refractivity contribution in [3.05, 3.63) is 23.3 Å². The third-order valence-electron chi connectivity index (χ3n) is 4.02. The molecule has 0 bridgehead atoms. The van der Waals surface area contributed by atoms with Crippen molar-refractivity contribution >= 4 is 29.7 Å². The van der Waals surface area contributed by atoms with Crippen molar-refractivity contribution in [1.82, 2.24) is 4.90 Å². The summed E-state index contributed by atoms with van der Waals surface area (Å²) >= 11 is 0. The first-order valence-corrected chi connectivity index (χ1v) is 8.45. The van der Waals surface area contributed by atoms with E-state index in [-0.39, 0.29) is 17.3 Å². The van der Waals surface area contributed by atoms with Crippen LogP contribution in [0, 0.1) is 0 Å². The minimum absolute atomic E-state index is 0.0519. The molecule has 0 saturated carbocycles. The minimum Gasteiger partial charge on any atom is -0.478 e. The van der Waals surface area contributed by atoms with Gasteiger partial charge in [0.15, 0.2) is 0 Å². The number of nitrogen functional groups attached to an aromatic ring is 1. The molecule has 0 spiro atoms. The Kier molecular flexibility index (Phi) is 5.74. The molecule has 0 unspecified atom stereocenters. The van der Waals surface area contributed by atoms with E-state index in [1.165, 1.54) is 6.07 Å². The fourth-order valence-corrected chi connectivity index (χ4v) is 2.81. The summed E-state index contributed by atoms with van der Waals surface area (Å²) in [6.45, 7) is 7.72. The van der Waals surface area contributed by atoms with E-state index in [0.29, 0.717) is 31.7 Å². The third-order valence-corrected chi connectivity index (χ3v) is 4.02. The van der Waals surface area contributed by atoms with Crippen LogP contribution in [0.3, 0.4) is 0 Å². The first-order valence-electron chi connectivity index (χ1n) is 8.45. The highest BCUT2D eigenvalue weighted by Crippen LogP contribution is 2.29. The molecule has 1 aliphatic heterocycles. The summed E-state index contributed by atoms with van der Waals surface area (Å²) in [4.78, 5) is 31.2. The van der Waals surface area contributed by atoms with Crippen molar-refractivity contribution in [3.63, 3.8) is 0 Å². The van der Waals surface area contributed by atoms with Crippen molar-refractivity contribution in [1.29, 1.82) is 0 Å². The van der Waals surface area contributed by atoms with Crippen molar-refractivity contribution in [2.45, 2.75) is 26.4 Å². The van der Waals surface area contributed by atoms with Crippen LogP contribution in [0.15, 0.2) is 17.1 Å². The molecule has 1 aromatic carbocycles. The smallest absolute Gasteiger partial charge is 0.410 e. The van der Waals surface area contributed by atoms with E-state index in [1.807, 2.05) is 20.8 Å². The van der Waals surface area contributed by atoms with Gasteiger partial charge in [0.2, 0.25) is 0 Å². The van der Waals surface area contributed by atoms with Crippen LogP contribution in [0.5, 0.6) is 0 Å². The second-order valence-corrected chi connectivity index (χ2v) is 7.11. The Labute approximate surface area is 153 Å². The number of piperazine rings is 1. The molecule has 1 fully saturated rings. The van der Waals surface area contributed by atoms with Gasteiger partial charge in [-0.2, -0.15) is 0 Å². The van der Waals surface area contributed by atoms with E-state index in [2.05, 4.69) is 9.89 Å². The van der Waals surface area contributed by atoms with Gasteiger partial charge in [-0.25, -0.2) is 9.59 Å². The number of amides is 1. The number of carbonyl (C=O) groups excluding carboxylic acids is 1. The molecule has 3 N–H and O–H groups in total. The SMILES string of the molecule is CN=Cc1c(N2CCN(C(=O)OC(C)(C)C)CC2)ccc(C(=O)O)c1N. The number of nitrogens with zero attached hydrogens (tertiary/aromatic N) is 3. The lowest BCUT2D eigenvalue weighted by Gasteiger charge is -2.37. The van der Waals surface area contributed by atoms with Gasteiger partial charge >= 0.3 is 12.1 Å². The summed E-state index contributed by atoms with van der Waals surface area (Å²) in [5.41, 5.74) is 7.14. The molecule has 2 rings (SSSR count). The van der Waals surface area contributed by atoms with Gasteiger partial charge in [-0.1, -0.05) is 0 Å². The number of carboxylic acids is 1. The summed E-state index contributed by atoms with van der Waals surface area (Å²) in [6, 6.07) is 3.24. The maximum absolute atomic E-state index is 12.2. The van der Waals surface area contributed by atoms with Crippen LogP contribution in [0.1, 0.15) is 36.7 Å². The Morgan fingerprint density at radius 1 is 1.23 bits per heavy atom. The van der Waals surface area contributed by atoms with E-state index < -0.39 is 11.6 Å². The van der Waals surface area contributed by atoms with E-state index in [9.17, 15) is 14.7 Å². The fourth-order valence-electron chi connectivity index (χ4n) is 2.81. The predicted molar refractivity (Wildman–Crippen MR) is 101 cm³/mol. The number of rotatable bonds is 3.